The van der Waals surface area contributed by atoms with Crippen molar-refractivity contribution in [3.63, 3.8) is 0 Å². The number of carbonyl (C=O) groups is 1. The van der Waals surface area contributed by atoms with Gasteiger partial charge in [-0.15, -0.1) is 11.3 Å². The van der Waals surface area contributed by atoms with Gasteiger partial charge in [-0.1, -0.05) is 60.7 Å². The van der Waals surface area contributed by atoms with E-state index in [1.54, 1.807) is 0 Å². The maximum atomic E-state index is 13.1. The fourth-order valence-electron chi connectivity index (χ4n) is 3.71. The van der Waals surface area contributed by atoms with E-state index in [-0.39, 0.29) is 24.1 Å². The zero-order chi connectivity index (χ0) is 21.8. The van der Waals surface area contributed by atoms with Crippen molar-refractivity contribution < 1.29 is 4.79 Å². The average molecular weight is 432 g/mol. The second kappa shape index (κ2) is 9.27. The van der Waals surface area contributed by atoms with Crippen molar-refractivity contribution >= 4 is 27.5 Å². The lowest BCUT2D eigenvalue weighted by Gasteiger charge is -2.14. The molecule has 0 spiro atoms. The van der Waals surface area contributed by atoms with Gasteiger partial charge in [-0.25, -0.2) is 4.98 Å². The summed E-state index contributed by atoms with van der Waals surface area (Å²) in [6, 6.07) is 20.2. The number of amides is 1. The van der Waals surface area contributed by atoms with Crippen LogP contribution in [0.5, 0.6) is 0 Å². The van der Waals surface area contributed by atoms with Crippen LogP contribution in [0.15, 0.2) is 71.8 Å². The van der Waals surface area contributed by atoms with Crippen LogP contribution < -0.4 is 10.9 Å². The number of aromatic nitrogens is 2. The lowest BCUT2D eigenvalue weighted by molar-refractivity contribution is -0.122. The molecule has 158 valence electrons. The average Bonchev–Trinajstić information content (AvgIpc) is 3.12. The number of carbonyl (C=O) groups excluding carboxylic acids is 1. The predicted molar refractivity (Wildman–Crippen MR) is 126 cm³/mol. The van der Waals surface area contributed by atoms with Gasteiger partial charge in [0.2, 0.25) is 5.91 Å². The monoisotopic (exact) mass is 431 g/mol. The minimum absolute atomic E-state index is 0.0210. The molecule has 0 aliphatic heterocycles. The summed E-state index contributed by atoms with van der Waals surface area (Å²) in [6.07, 6.45) is 3.21. The lowest BCUT2D eigenvalue weighted by Crippen LogP contribution is -2.37. The standard InChI is InChI=1S/C25H25N3O2S/c1-17(13-14-19-9-5-3-6-10-19)27-21(29)15-28-16-26-24-22(25(28)30)18(2)23(31-24)20-11-7-4-8-12-20/h3-12,16-17H,13-15H2,1-2H3,(H,27,29)/t17-/m1/s1. The minimum Gasteiger partial charge on any atom is -0.352 e. The number of hydrogen-bond donors (Lipinski definition) is 1. The number of thiophene rings is 1. The number of benzene rings is 2. The van der Waals surface area contributed by atoms with Gasteiger partial charge in [0, 0.05) is 10.9 Å². The number of rotatable bonds is 7. The Bertz CT molecular complexity index is 1250. The molecular formula is C25H25N3O2S. The SMILES string of the molecule is Cc1c(-c2ccccc2)sc2ncn(CC(=O)N[C@H](C)CCc3ccccc3)c(=O)c12. The summed E-state index contributed by atoms with van der Waals surface area (Å²) in [5.74, 6) is -0.181. The van der Waals surface area contributed by atoms with E-state index < -0.39 is 0 Å². The molecule has 0 radical (unpaired) electrons. The molecule has 4 rings (SSSR count). The zero-order valence-electron chi connectivity index (χ0n) is 17.7. The number of aryl methyl sites for hydroxylation is 2. The van der Waals surface area contributed by atoms with Crippen LogP contribution in [0.1, 0.15) is 24.5 Å². The summed E-state index contributed by atoms with van der Waals surface area (Å²) < 4.78 is 1.40. The summed E-state index contributed by atoms with van der Waals surface area (Å²) in [6.45, 7) is 3.90. The molecule has 0 fully saturated rings. The quantitative estimate of drug-likeness (QED) is 0.466. The Morgan fingerprint density at radius 2 is 1.77 bits per heavy atom. The molecule has 4 aromatic rings. The second-order valence-electron chi connectivity index (χ2n) is 7.77. The van der Waals surface area contributed by atoms with Crippen molar-refractivity contribution in [3.05, 3.63) is 88.5 Å². The molecule has 1 amide bonds. The molecule has 0 aliphatic carbocycles. The molecule has 2 aromatic heterocycles. The normalized spacial score (nSPS) is 12.1. The molecule has 0 unspecified atom stereocenters. The lowest BCUT2D eigenvalue weighted by atomic mass is 10.1. The van der Waals surface area contributed by atoms with Crippen LogP contribution >= 0.6 is 11.3 Å². The van der Waals surface area contributed by atoms with Crippen LogP contribution in [-0.2, 0) is 17.8 Å². The van der Waals surface area contributed by atoms with Crippen molar-refractivity contribution in [1.82, 2.24) is 14.9 Å². The van der Waals surface area contributed by atoms with E-state index in [9.17, 15) is 9.59 Å². The molecule has 0 saturated heterocycles. The van der Waals surface area contributed by atoms with Crippen molar-refractivity contribution in [3.8, 4) is 10.4 Å². The van der Waals surface area contributed by atoms with Crippen LogP contribution in [-0.4, -0.2) is 21.5 Å². The molecule has 2 heterocycles. The van der Waals surface area contributed by atoms with E-state index in [4.69, 9.17) is 0 Å². The Labute approximate surface area is 185 Å². The Morgan fingerprint density at radius 1 is 1.10 bits per heavy atom. The molecule has 0 bridgehead atoms. The van der Waals surface area contributed by atoms with E-state index in [2.05, 4.69) is 22.4 Å². The summed E-state index contributed by atoms with van der Waals surface area (Å²) >= 11 is 1.51. The highest BCUT2D eigenvalue weighted by atomic mass is 32.1. The van der Waals surface area contributed by atoms with Gasteiger partial charge in [-0.2, -0.15) is 0 Å². The second-order valence-corrected chi connectivity index (χ2v) is 8.77. The van der Waals surface area contributed by atoms with Gasteiger partial charge in [-0.3, -0.25) is 14.2 Å². The van der Waals surface area contributed by atoms with Gasteiger partial charge < -0.3 is 5.32 Å². The number of hydrogen-bond acceptors (Lipinski definition) is 4. The van der Waals surface area contributed by atoms with E-state index in [1.807, 2.05) is 62.4 Å². The third kappa shape index (κ3) is 4.75. The topological polar surface area (TPSA) is 64.0 Å². The smallest absolute Gasteiger partial charge is 0.262 e. The highest BCUT2D eigenvalue weighted by Gasteiger charge is 2.17. The Kier molecular flexibility index (Phi) is 6.28. The maximum Gasteiger partial charge on any atom is 0.262 e. The van der Waals surface area contributed by atoms with Gasteiger partial charge >= 0.3 is 0 Å². The molecule has 5 nitrogen and oxygen atoms in total. The van der Waals surface area contributed by atoms with Crippen molar-refractivity contribution in [1.29, 1.82) is 0 Å². The zero-order valence-corrected chi connectivity index (χ0v) is 18.5. The molecule has 1 N–H and O–H groups in total. The number of fused-ring (bicyclic) bond motifs is 1. The van der Waals surface area contributed by atoms with Gasteiger partial charge in [0.05, 0.1) is 11.7 Å². The molecule has 2 aromatic carbocycles. The third-order valence-corrected chi connectivity index (χ3v) is 6.63. The number of nitrogens with zero attached hydrogens (tertiary/aromatic N) is 2. The summed E-state index contributed by atoms with van der Waals surface area (Å²) in [4.78, 5) is 31.8. The predicted octanol–water partition coefficient (Wildman–Crippen LogP) is 4.57. The van der Waals surface area contributed by atoms with Crippen LogP contribution in [0.2, 0.25) is 0 Å². The third-order valence-electron chi connectivity index (χ3n) is 5.38. The van der Waals surface area contributed by atoms with Crippen LogP contribution in [0.25, 0.3) is 20.7 Å². The van der Waals surface area contributed by atoms with E-state index >= 15 is 0 Å². The van der Waals surface area contributed by atoms with Crippen molar-refractivity contribution in [2.24, 2.45) is 0 Å². The molecule has 31 heavy (non-hydrogen) atoms. The van der Waals surface area contributed by atoms with Crippen molar-refractivity contribution in [2.75, 3.05) is 0 Å². The van der Waals surface area contributed by atoms with E-state index in [0.717, 1.165) is 28.8 Å². The fourth-order valence-corrected chi connectivity index (χ4v) is 4.86. The summed E-state index contributed by atoms with van der Waals surface area (Å²) in [5, 5.41) is 3.59. The van der Waals surface area contributed by atoms with Gasteiger partial charge in [0.25, 0.3) is 5.56 Å². The maximum absolute atomic E-state index is 13.1. The largest absolute Gasteiger partial charge is 0.352 e. The highest BCUT2D eigenvalue weighted by Crippen LogP contribution is 2.35. The fraction of sp³-hybridized carbons (Fsp3) is 0.240. The van der Waals surface area contributed by atoms with Crippen LogP contribution in [0, 0.1) is 6.92 Å². The summed E-state index contributed by atoms with van der Waals surface area (Å²) in [5.41, 5.74) is 3.05. The Hall–Kier alpha value is -3.25. The molecule has 1 atom stereocenters. The van der Waals surface area contributed by atoms with Crippen LogP contribution in [0.4, 0.5) is 0 Å². The highest BCUT2D eigenvalue weighted by molar-refractivity contribution is 7.22. The van der Waals surface area contributed by atoms with E-state index in [0.29, 0.717) is 10.2 Å². The van der Waals surface area contributed by atoms with Gasteiger partial charge in [0.1, 0.15) is 11.4 Å². The van der Waals surface area contributed by atoms with Gasteiger partial charge in [-0.05, 0) is 43.4 Å². The molecule has 6 heteroatoms. The Balaban J connectivity index is 1.47. The van der Waals surface area contributed by atoms with Crippen molar-refractivity contribution in [2.45, 2.75) is 39.3 Å². The first-order valence-corrected chi connectivity index (χ1v) is 11.2. The van der Waals surface area contributed by atoms with Gasteiger partial charge in [0.15, 0.2) is 0 Å². The first-order chi connectivity index (χ1) is 15.0. The first-order valence-electron chi connectivity index (χ1n) is 10.4. The number of nitrogens with one attached hydrogen (secondary N) is 1. The minimum atomic E-state index is -0.181. The first kappa shape index (κ1) is 21.0. The Morgan fingerprint density at radius 3 is 2.48 bits per heavy atom. The van der Waals surface area contributed by atoms with E-state index in [1.165, 1.54) is 27.8 Å². The van der Waals surface area contributed by atoms with Crippen LogP contribution in [0.3, 0.4) is 0 Å². The molecular weight excluding hydrogens is 406 g/mol. The summed E-state index contributed by atoms with van der Waals surface area (Å²) in [7, 11) is 0. The molecule has 0 saturated carbocycles. The molecule has 0 aliphatic rings.